The van der Waals surface area contributed by atoms with Crippen LogP contribution in [0.4, 0.5) is 5.69 Å². The summed E-state index contributed by atoms with van der Waals surface area (Å²) in [7, 11) is -2.97. The number of aryl methyl sites for hydroxylation is 1. The summed E-state index contributed by atoms with van der Waals surface area (Å²) in [6, 6.07) is 20.3. The summed E-state index contributed by atoms with van der Waals surface area (Å²) < 4.78 is 14.0. The molecule has 4 aromatic rings. The van der Waals surface area contributed by atoms with Crippen molar-refractivity contribution in [1.29, 1.82) is 0 Å². The molecule has 1 atom stereocenters. The van der Waals surface area contributed by atoms with Crippen molar-refractivity contribution in [2.75, 3.05) is 5.32 Å². The molecule has 1 unspecified atom stereocenters. The molecule has 0 aliphatic heterocycles. The normalized spacial score (nSPS) is 13.0. The lowest BCUT2D eigenvalue weighted by Gasteiger charge is -2.18. The van der Waals surface area contributed by atoms with Gasteiger partial charge in [0.25, 0.3) is 0 Å². The third-order valence-electron chi connectivity index (χ3n) is 4.82. The van der Waals surface area contributed by atoms with Gasteiger partial charge < -0.3 is 19.7 Å². The fourth-order valence-electron chi connectivity index (χ4n) is 3.54. The highest BCUT2D eigenvalue weighted by molar-refractivity contribution is 7.53. The van der Waals surface area contributed by atoms with Crippen LogP contribution in [0.5, 0.6) is 0 Å². The van der Waals surface area contributed by atoms with Gasteiger partial charge in [0.15, 0.2) is 5.66 Å². The van der Waals surface area contributed by atoms with Crippen LogP contribution in [0, 0.1) is 0 Å². The lowest BCUT2D eigenvalue weighted by molar-refractivity contribution is -0.116. The Labute approximate surface area is 161 Å². The predicted molar refractivity (Wildman–Crippen MR) is 110 cm³/mol. The molecule has 1 amide bonds. The smallest absolute Gasteiger partial charge is 0.342 e. The van der Waals surface area contributed by atoms with Gasteiger partial charge in [0.2, 0.25) is 5.91 Å². The maximum Gasteiger partial charge on any atom is 0.342 e. The van der Waals surface area contributed by atoms with Gasteiger partial charge >= 0.3 is 7.60 Å². The van der Waals surface area contributed by atoms with E-state index in [0.717, 1.165) is 16.3 Å². The number of fused-ring (bicyclic) bond motifs is 2. The SMILES string of the molecule is Cn1cc(C(C(=O)Nc2ccc3ccccc3c2)P(=O)(O)O)c2ccccc21. The molecule has 1 aromatic heterocycles. The largest absolute Gasteiger partial charge is 0.350 e. The molecular formula is C21H19N2O4P. The number of benzene rings is 3. The van der Waals surface area contributed by atoms with E-state index >= 15 is 0 Å². The summed E-state index contributed by atoms with van der Waals surface area (Å²) in [4.78, 5) is 32.9. The van der Waals surface area contributed by atoms with Crippen LogP contribution < -0.4 is 5.32 Å². The maximum atomic E-state index is 12.9. The highest BCUT2D eigenvalue weighted by atomic mass is 31.2. The Morgan fingerprint density at radius 3 is 2.43 bits per heavy atom. The fraction of sp³-hybridized carbons (Fsp3) is 0.0952. The number of rotatable bonds is 4. The van der Waals surface area contributed by atoms with Crippen LogP contribution in [-0.2, 0) is 16.4 Å². The number of hydrogen-bond donors (Lipinski definition) is 3. The van der Waals surface area contributed by atoms with Gasteiger partial charge in [0.1, 0.15) is 0 Å². The van der Waals surface area contributed by atoms with E-state index in [1.54, 1.807) is 42.1 Å². The molecular weight excluding hydrogens is 375 g/mol. The number of hydrogen-bond acceptors (Lipinski definition) is 2. The lowest BCUT2D eigenvalue weighted by Crippen LogP contribution is -2.21. The van der Waals surface area contributed by atoms with Crippen LogP contribution in [-0.4, -0.2) is 20.3 Å². The van der Waals surface area contributed by atoms with E-state index in [2.05, 4.69) is 5.32 Å². The van der Waals surface area contributed by atoms with Crippen molar-refractivity contribution >= 4 is 40.9 Å². The van der Waals surface area contributed by atoms with E-state index < -0.39 is 19.2 Å². The third kappa shape index (κ3) is 3.34. The molecule has 6 nitrogen and oxygen atoms in total. The number of nitrogens with zero attached hydrogens (tertiary/aromatic N) is 1. The number of para-hydroxylation sites is 1. The zero-order valence-corrected chi connectivity index (χ0v) is 16.0. The van der Waals surface area contributed by atoms with E-state index in [1.165, 1.54) is 0 Å². The fourth-order valence-corrected chi connectivity index (χ4v) is 4.48. The minimum Gasteiger partial charge on any atom is -0.350 e. The van der Waals surface area contributed by atoms with Crippen LogP contribution in [0.3, 0.4) is 0 Å². The minimum atomic E-state index is -4.76. The van der Waals surface area contributed by atoms with Crippen molar-refractivity contribution in [1.82, 2.24) is 4.57 Å². The number of nitrogens with one attached hydrogen (secondary N) is 1. The first kappa shape index (κ1) is 18.4. The minimum absolute atomic E-state index is 0.310. The molecule has 142 valence electrons. The first-order valence-corrected chi connectivity index (χ1v) is 10.4. The van der Waals surface area contributed by atoms with E-state index in [4.69, 9.17) is 0 Å². The van der Waals surface area contributed by atoms with Crippen LogP contribution in [0.25, 0.3) is 21.7 Å². The number of carbonyl (C=O) groups excluding carboxylic acids is 1. The highest BCUT2D eigenvalue weighted by Gasteiger charge is 2.39. The molecule has 0 saturated heterocycles. The number of aromatic nitrogens is 1. The summed E-state index contributed by atoms with van der Waals surface area (Å²) in [5.74, 6) is -0.736. The van der Waals surface area contributed by atoms with Gasteiger partial charge in [0.05, 0.1) is 0 Å². The number of anilines is 1. The summed E-state index contributed by atoms with van der Waals surface area (Å²) in [5, 5.41) is 5.26. The lowest BCUT2D eigenvalue weighted by atomic mass is 10.1. The van der Waals surface area contributed by atoms with E-state index in [-0.39, 0.29) is 0 Å². The highest BCUT2D eigenvalue weighted by Crippen LogP contribution is 2.54. The second-order valence-corrected chi connectivity index (χ2v) is 8.45. The third-order valence-corrected chi connectivity index (χ3v) is 6.01. The molecule has 0 radical (unpaired) electrons. The summed E-state index contributed by atoms with van der Waals surface area (Å²) in [6.45, 7) is 0. The first-order chi connectivity index (χ1) is 13.3. The maximum absolute atomic E-state index is 12.9. The molecule has 3 aromatic carbocycles. The molecule has 0 spiro atoms. The molecule has 4 rings (SSSR count). The van der Waals surface area contributed by atoms with Gasteiger partial charge in [0, 0.05) is 35.4 Å². The Kier molecular flexibility index (Phi) is 4.55. The monoisotopic (exact) mass is 394 g/mol. The van der Waals surface area contributed by atoms with Crippen LogP contribution in [0.2, 0.25) is 0 Å². The molecule has 28 heavy (non-hydrogen) atoms. The van der Waals surface area contributed by atoms with E-state index in [9.17, 15) is 19.1 Å². The quantitative estimate of drug-likeness (QED) is 0.453. The number of amides is 1. The summed E-state index contributed by atoms with van der Waals surface area (Å²) in [6.07, 6.45) is 1.61. The standard InChI is InChI=1S/C21H19N2O4P/c1-23-13-18(17-8-4-5-9-19(17)23)20(28(25,26)27)21(24)22-16-11-10-14-6-2-3-7-15(14)12-16/h2-13,20H,1H3,(H,22,24)(H2,25,26,27). The van der Waals surface area contributed by atoms with E-state index in [0.29, 0.717) is 16.6 Å². The number of carbonyl (C=O) groups is 1. The van der Waals surface area contributed by atoms with Crippen LogP contribution in [0.1, 0.15) is 11.2 Å². The second-order valence-electron chi connectivity index (χ2n) is 6.76. The van der Waals surface area contributed by atoms with Gasteiger partial charge in [-0.25, -0.2) is 0 Å². The van der Waals surface area contributed by atoms with Gasteiger partial charge in [-0.3, -0.25) is 9.36 Å². The molecule has 3 N–H and O–H groups in total. The Morgan fingerprint density at radius 1 is 1.00 bits per heavy atom. The Hall–Kier alpha value is -2.92. The van der Waals surface area contributed by atoms with Crippen molar-refractivity contribution in [3.63, 3.8) is 0 Å². The second kappa shape index (κ2) is 6.91. The predicted octanol–water partition coefficient (Wildman–Crippen LogP) is 4.19. The van der Waals surface area contributed by atoms with Gasteiger partial charge in [-0.05, 0) is 29.0 Å². The van der Waals surface area contributed by atoms with Crippen molar-refractivity contribution in [2.24, 2.45) is 7.05 Å². The van der Waals surface area contributed by atoms with Gasteiger partial charge in [-0.2, -0.15) is 0 Å². The van der Waals surface area contributed by atoms with Crippen molar-refractivity contribution in [3.8, 4) is 0 Å². The molecule has 7 heteroatoms. The molecule has 0 aliphatic rings. The molecule has 0 aliphatic carbocycles. The van der Waals surface area contributed by atoms with Gasteiger partial charge in [-0.15, -0.1) is 0 Å². The Bertz CT molecular complexity index is 1240. The van der Waals surface area contributed by atoms with Crippen molar-refractivity contribution in [2.45, 2.75) is 5.66 Å². The van der Waals surface area contributed by atoms with E-state index in [1.807, 2.05) is 42.5 Å². The molecule has 0 fully saturated rings. The van der Waals surface area contributed by atoms with Crippen molar-refractivity contribution in [3.05, 3.63) is 78.5 Å². The van der Waals surface area contributed by atoms with Gasteiger partial charge in [-0.1, -0.05) is 48.5 Å². The topological polar surface area (TPSA) is 91.6 Å². The zero-order valence-electron chi connectivity index (χ0n) is 15.1. The Morgan fingerprint density at radius 2 is 1.68 bits per heavy atom. The summed E-state index contributed by atoms with van der Waals surface area (Å²) in [5.41, 5.74) is 0.00614. The Balaban J connectivity index is 1.75. The summed E-state index contributed by atoms with van der Waals surface area (Å²) >= 11 is 0. The molecule has 1 heterocycles. The van der Waals surface area contributed by atoms with Crippen LogP contribution in [0.15, 0.2) is 72.9 Å². The first-order valence-electron chi connectivity index (χ1n) is 8.73. The van der Waals surface area contributed by atoms with Crippen LogP contribution >= 0.6 is 7.60 Å². The molecule has 0 saturated carbocycles. The zero-order chi connectivity index (χ0) is 19.9. The average molecular weight is 394 g/mol. The molecule has 0 bridgehead atoms. The average Bonchev–Trinajstić information content (AvgIpc) is 2.97. The van der Waals surface area contributed by atoms with Crippen molar-refractivity contribution < 1.29 is 19.1 Å².